The van der Waals surface area contributed by atoms with E-state index in [1.165, 1.54) is 12.8 Å². The monoisotopic (exact) mass is 299 g/mol. The van der Waals surface area contributed by atoms with E-state index < -0.39 is 0 Å². The van der Waals surface area contributed by atoms with E-state index in [0.29, 0.717) is 5.92 Å². The zero-order chi connectivity index (χ0) is 15.3. The molecule has 1 atom stereocenters. The Morgan fingerprint density at radius 2 is 2.14 bits per heavy atom. The molecule has 5 heteroatoms. The summed E-state index contributed by atoms with van der Waals surface area (Å²) in [6.07, 6.45) is 4.56. The molecule has 1 aliphatic rings. The number of aliphatic imine (C=N–C) groups is 1. The maximum absolute atomic E-state index is 5.69. The lowest BCUT2D eigenvalue weighted by atomic mass is 10.0. The van der Waals surface area contributed by atoms with Crippen molar-refractivity contribution in [2.24, 2.45) is 16.8 Å². The lowest BCUT2D eigenvalue weighted by Crippen LogP contribution is -2.40. The van der Waals surface area contributed by atoms with Gasteiger partial charge < -0.3 is 20.1 Å². The van der Waals surface area contributed by atoms with Crippen LogP contribution in [0.25, 0.3) is 0 Å². The SMILES string of the molecule is CCC(CC)CNC(=NC)NCCCOCC1CCOC1. The van der Waals surface area contributed by atoms with Gasteiger partial charge in [0.1, 0.15) is 0 Å². The van der Waals surface area contributed by atoms with Gasteiger partial charge in [0.05, 0.1) is 13.2 Å². The van der Waals surface area contributed by atoms with Crippen molar-refractivity contribution in [3.05, 3.63) is 0 Å². The van der Waals surface area contributed by atoms with Crippen LogP contribution in [0.2, 0.25) is 0 Å². The molecular formula is C16H33N3O2. The van der Waals surface area contributed by atoms with Gasteiger partial charge in [-0.2, -0.15) is 0 Å². The van der Waals surface area contributed by atoms with Gasteiger partial charge in [-0.15, -0.1) is 0 Å². The zero-order valence-electron chi connectivity index (χ0n) is 14.0. The minimum atomic E-state index is 0.604. The van der Waals surface area contributed by atoms with Gasteiger partial charge in [0.25, 0.3) is 0 Å². The largest absolute Gasteiger partial charge is 0.381 e. The molecule has 1 unspecified atom stereocenters. The molecule has 1 saturated heterocycles. The van der Waals surface area contributed by atoms with E-state index in [-0.39, 0.29) is 0 Å². The van der Waals surface area contributed by atoms with Gasteiger partial charge in [0, 0.05) is 39.3 Å². The van der Waals surface area contributed by atoms with Crippen LogP contribution in [0.1, 0.15) is 39.5 Å². The maximum Gasteiger partial charge on any atom is 0.190 e. The van der Waals surface area contributed by atoms with E-state index >= 15 is 0 Å². The summed E-state index contributed by atoms with van der Waals surface area (Å²) in [4.78, 5) is 4.25. The fourth-order valence-corrected chi connectivity index (χ4v) is 2.38. The van der Waals surface area contributed by atoms with Gasteiger partial charge in [0.15, 0.2) is 5.96 Å². The maximum atomic E-state index is 5.69. The van der Waals surface area contributed by atoms with Crippen molar-refractivity contribution in [1.29, 1.82) is 0 Å². The molecule has 2 N–H and O–H groups in total. The zero-order valence-corrected chi connectivity index (χ0v) is 14.0. The van der Waals surface area contributed by atoms with Crippen molar-refractivity contribution in [3.63, 3.8) is 0 Å². The second-order valence-electron chi connectivity index (χ2n) is 5.72. The third kappa shape index (κ3) is 8.27. The van der Waals surface area contributed by atoms with Gasteiger partial charge in [-0.25, -0.2) is 0 Å². The van der Waals surface area contributed by atoms with Crippen molar-refractivity contribution in [3.8, 4) is 0 Å². The Morgan fingerprint density at radius 3 is 2.76 bits per heavy atom. The molecule has 0 saturated carbocycles. The number of guanidine groups is 1. The molecule has 21 heavy (non-hydrogen) atoms. The molecule has 0 radical (unpaired) electrons. The average molecular weight is 299 g/mol. The first-order valence-corrected chi connectivity index (χ1v) is 8.40. The number of hydrogen-bond donors (Lipinski definition) is 2. The molecule has 0 spiro atoms. The van der Waals surface area contributed by atoms with Crippen LogP contribution in [-0.2, 0) is 9.47 Å². The Balaban J connectivity index is 1.98. The van der Waals surface area contributed by atoms with Crippen molar-refractivity contribution in [2.75, 3.05) is 46.6 Å². The van der Waals surface area contributed by atoms with Crippen molar-refractivity contribution in [2.45, 2.75) is 39.5 Å². The van der Waals surface area contributed by atoms with Crippen LogP contribution in [0.15, 0.2) is 4.99 Å². The second-order valence-corrected chi connectivity index (χ2v) is 5.72. The summed E-state index contributed by atoms with van der Waals surface area (Å²) in [6, 6.07) is 0. The van der Waals surface area contributed by atoms with Crippen LogP contribution < -0.4 is 10.6 Å². The molecular weight excluding hydrogens is 266 g/mol. The summed E-state index contributed by atoms with van der Waals surface area (Å²) < 4.78 is 11.0. The first kappa shape index (κ1) is 18.2. The standard InChI is InChI=1S/C16H33N3O2/c1-4-14(5-2)11-19-16(17-3)18-8-6-9-20-12-15-7-10-21-13-15/h14-15H,4-13H2,1-3H3,(H2,17,18,19). The molecule has 5 nitrogen and oxygen atoms in total. The van der Waals surface area contributed by atoms with Crippen molar-refractivity contribution < 1.29 is 9.47 Å². The van der Waals surface area contributed by atoms with Gasteiger partial charge in [0.2, 0.25) is 0 Å². The molecule has 1 rings (SSSR count). The Labute approximate surface area is 129 Å². The van der Waals surface area contributed by atoms with Crippen molar-refractivity contribution in [1.82, 2.24) is 10.6 Å². The van der Waals surface area contributed by atoms with Gasteiger partial charge in [-0.3, -0.25) is 4.99 Å². The van der Waals surface area contributed by atoms with E-state index in [9.17, 15) is 0 Å². The summed E-state index contributed by atoms with van der Waals surface area (Å²) in [7, 11) is 1.82. The molecule has 1 heterocycles. The minimum absolute atomic E-state index is 0.604. The fourth-order valence-electron chi connectivity index (χ4n) is 2.38. The molecule has 1 aliphatic heterocycles. The predicted molar refractivity (Wildman–Crippen MR) is 87.8 cm³/mol. The van der Waals surface area contributed by atoms with Crippen LogP contribution in [0.5, 0.6) is 0 Å². The smallest absolute Gasteiger partial charge is 0.190 e. The predicted octanol–water partition coefficient (Wildman–Crippen LogP) is 2.03. The number of hydrogen-bond acceptors (Lipinski definition) is 3. The Kier molecular flexibility index (Phi) is 10.3. The molecule has 0 aromatic carbocycles. The molecule has 0 bridgehead atoms. The molecule has 0 amide bonds. The summed E-state index contributed by atoms with van der Waals surface area (Å²) in [5.74, 6) is 2.22. The molecule has 0 aliphatic carbocycles. The van der Waals surface area contributed by atoms with Crippen LogP contribution in [0.4, 0.5) is 0 Å². The second kappa shape index (κ2) is 11.8. The van der Waals surface area contributed by atoms with Gasteiger partial charge in [-0.1, -0.05) is 26.7 Å². The lowest BCUT2D eigenvalue weighted by Gasteiger charge is -2.16. The van der Waals surface area contributed by atoms with Crippen LogP contribution in [-0.4, -0.2) is 52.5 Å². The number of nitrogens with one attached hydrogen (secondary N) is 2. The summed E-state index contributed by atoms with van der Waals surface area (Å²) >= 11 is 0. The van der Waals surface area contributed by atoms with E-state index in [4.69, 9.17) is 9.47 Å². The third-order valence-corrected chi connectivity index (χ3v) is 4.07. The average Bonchev–Trinajstić information content (AvgIpc) is 3.02. The van der Waals surface area contributed by atoms with Crippen LogP contribution in [0.3, 0.4) is 0 Å². The lowest BCUT2D eigenvalue weighted by molar-refractivity contribution is 0.0888. The minimum Gasteiger partial charge on any atom is -0.381 e. The molecule has 124 valence electrons. The van der Waals surface area contributed by atoms with Gasteiger partial charge in [-0.05, 0) is 18.8 Å². The van der Waals surface area contributed by atoms with E-state index in [1.807, 2.05) is 7.05 Å². The first-order valence-electron chi connectivity index (χ1n) is 8.40. The van der Waals surface area contributed by atoms with Gasteiger partial charge >= 0.3 is 0 Å². The van der Waals surface area contributed by atoms with Crippen LogP contribution >= 0.6 is 0 Å². The number of nitrogens with zero attached hydrogens (tertiary/aromatic N) is 1. The number of rotatable bonds is 10. The first-order chi connectivity index (χ1) is 10.3. The fraction of sp³-hybridized carbons (Fsp3) is 0.938. The highest BCUT2D eigenvalue weighted by atomic mass is 16.5. The van der Waals surface area contributed by atoms with E-state index in [1.54, 1.807) is 0 Å². The highest BCUT2D eigenvalue weighted by Gasteiger charge is 2.15. The Bertz CT molecular complexity index is 275. The highest BCUT2D eigenvalue weighted by molar-refractivity contribution is 5.79. The highest BCUT2D eigenvalue weighted by Crippen LogP contribution is 2.12. The Hall–Kier alpha value is -0.810. The quantitative estimate of drug-likeness (QED) is 0.368. The van der Waals surface area contributed by atoms with Crippen LogP contribution in [0, 0.1) is 11.8 Å². The molecule has 0 aromatic rings. The summed E-state index contributed by atoms with van der Waals surface area (Å²) in [5, 5.41) is 6.72. The summed E-state index contributed by atoms with van der Waals surface area (Å²) in [5.41, 5.74) is 0. The van der Waals surface area contributed by atoms with E-state index in [2.05, 4.69) is 29.5 Å². The van der Waals surface area contributed by atoms with Crippen molar-refractivity contribution >= 4 is 5.96 Å². The topological polar surface area (TPSA) is 54.9 Å². The summed E-state index contributed by atoms with van der Waals surface area (Å²) in [6.45, 7) is 9.75. The van der Waals surface area contributed by atoms with E-state index in [0.717, 1.165) is 64.2 Å². The normalized spacial score (nSPS) is 19.2. The molecule has 1 fully saturated rings. The number of ether oxygens (including phenoxy) is 2. The molecule has 0 aromatic heterocycles. The Morgan fingerprint density at radius 1 is 1.33 bits per heavy atom. The third-order valence-electron chi connectivity index (χ3n) is 4.07.